The number of hydrogen-bond acceptors (Lipinski definition) is 2. The molecule has 0 amide bonds. The van der Waals surface area contributed by atoms with Crippen molar-refractivity contribution in [2.75, 3.05) is 20.2 Å². The second kappa shape index (κ2) is 6.91. The number of methoxy groups -OCH3 is 1. The number of ether oxygens (including phenoxy) is 1. The van der Waals surface area contributed by atoms with E-state index in [9.17, 15) is 0 Å². The van der Waals surface area contributed by atoms with E-state index in [0.29, 0.717) is 6.04 Å². The van der Waals surface area contributed by atoms with Gasteiger partial charge in [0.15, 0.2) is 0 Å². The Kier molecular flexibility index (Phi) is 5.83. The molecule has 0 aromatic heterocycles. The molecule has 1 aliphatic rings. The van der Waals surface area contributed by atoms with E-state index in [-0.39, 0.29) is 5.60 Å². The summed E-state index contributed by atoms with van der Waals surface area (Å²) in [5.74, 6) is 0. The Labute approximate surface area is 112 Å². The Balaban J connectivity index is 2.88. The van der Waals surface area contributed by atoms with Crippen LogP contribution in [0.3, 0.4) is 0 Å². The highest BCUT2D eigenvalue weighted by molar-refractivity contribution is 5.33. The molecule has 2 nitrogen and oxygen atoms in total. The second-order valence-electron chi connectivity index (χ2n) is 5.19. The van der Waals surface area contributed by atoms with E-state index < -0.39 is 0 Å². The molecule has 1 fully saturated rings. The van der Waals surface area contributed by atoms with Crippen molar-refractivity contribution in [2.45, 2.75) is 45.3 Å². The van der Waals surface area contributed by atoms with Crippen LogP contribution in [-0.4, -0.2) is 36.7 Å². The van der Waals surface area contributed by atoms with E-state index in [1.807, 2.05) is 20.1 Å². The Bertz CT molecular complexity index is 320. The quantitative estimate of drug-likeness (QED) is 0.691. The van der Waals surface area contributed by atoms with Crippen molar-refractivity contribution in [1.29, 1.82) is 0 Å². The minimum Gasteiger partial charge on any atom is -0.373 e. The van der Waals surface area contributed by atoms with Gasteiger partial charge in [0.05, 0.1) is 5.60 Å². The third-order valence-electron chi connectivity index (χ3n) is 3.90. The highest BCUT2D eigenvalue weighted by Crippen LogP contribution is 2.34. The number of hydrogen-bond donors (Lipinski definition) is 0. The van der Waals surface area contributed by atoms with Crippen LogP contribution in [0.2, 0.25) is 0 Å². The molecule has 1 rings (SSSR count). The maximum absolute atomic E-state index is 5.88. The molecule has 18 heavy (non-hydrogen) atoms. The summed E-state index contributed by atoms with van der Waals surface area (Å²) in [6.07, 6.45) is 10.2. The lowest BCUT2D eigenvalue weighted by Crippen LogP contribution is -2.48. The Hall–Kier alpha value is -0.860. The average Bonchev–Trinajstić information content (AvgIpc) is 2.38. The first-order valence-electron chi connectivity index (χ1n) is 6.84. The molecular formula is C16H27NO. The molecule has 1 heterocycles. The third kappa shape index (κ3) is 3.33. The number of likely N-dealkylation sites (tertiary alicyclic amines) is 1. The second-order valence-corrected chi connectivity index (χ2v) is 5.19. The molecule has 1 saturated heterocycles. The standard InChI is InChI=1S/C16H27NO/c1-6-8-15(9-7-2)16(18-5)10-12-17(13-11-16)14(3)4/h6-9,14H,1,10-13H2,2-5H3/b9-7-,15-8+. The van der Waals surface area contributed by atoms with Gasteiger partial charge in [0.25, 0.3) is 0 Å². The van der Waals surface area contributed by atoms with Crippen LogP contribution >= 0.6 is 0 Å². The molecule has 0 aromatic carbocycles. The van der Waals surface area contributed by atoms with Gasteiger partial charge < -0.3 is 9.64 Å². The molecule has 0 bridgehead atoms. The fourth-order valence-electron chi connectivity index (χ4n) is 2.68. The van der Waals surface area contributed by atoms with Gasteiger partial charge in [-0.1, -0.05) is 30.9 Å². The molecule has 0 aliphatic carbocycles. The normalized spacial score (nSPS) is 21.7. The van der Waals surface area contributed by atoms with Crippen LogP contribution in [0.25, 0.3) is 0 Å². The number of nitrogens with zero attached hydrogens (tertiary/aromatic N) is 1. The summed E-state index contributed by atoms with van der Waals surface area (Å²) in [6.45, 7) is 12.6. The topological polar surface area (TPSA) is 12.5 Å². The summed E-state index contributed by atoms with van der Waals surface area (Å²) in [5, 5.41) is 0. The van der Waals surface area contributed by atoms with E-state index in [1.54, 1.807) is 0 Å². The van der Waals surface area contributed by atoms with Gasteiger partial charge in [-0.15, -0.1) is 0 Å². The Morgan fingerprint density at radius 1 is 1.33 bits per heavy atom. The van der Waals surface area contributed by atoms with Crippen LogP contribution in [0.15, 0.2) is 36.5 Å². The monoisotopic (exact) mass is 249 g/mol. The number of rotatable bonds is 5. The summed E-state index contributed by atoms with van der Waals surface area (Å²) in [7, 11) is 1.82. The van der Waals surface area contributed by atoms with Crippen LogP contribution in [0, 0.1) is 0 Å². The van der Waals surface area contributed by atoms with Crippen molar-refractivity contribution < 1.29 is 4.74 Å². The van der Waals surface area contributed by atoms with E-state index in [0.717, 1.165) is 25.9 Å². The molecule has 1 aliphatic heterocycles. The maximum atomic E-state index is 5.88. The minimum atomic E-state index is -0.133. The number of allylic oxidation sites excluding steroid dienone is 3. The van der Waals surface area contributed by atoms with Crippen LogP contribution in [0.5, 0.6) is 0 Å². The minimum absolute atomic E-state index is 0.133. The zero-order chi connectivity index (χ0) is 13.6. The van der Waals surface area contributed by atoms with Crippen LogP contribution in [-0.2, 0) is 4.74 Å². The first-order valence-corrected chi connectivity index (χ1v) is 6.84. The van der Waals surface area contributed by atoms with Gasteiger partial charge in [-0.25, -0.2) is 0 Å². The third-order valence-corrected chi connectivity index (χ3v) is 3.90. The Morgan fingerprint density at radius 3 is 2.33 bits per heavy atom. The van der Waals surface area contributed by atoms with Gasteiger partial charge >= 0.3 is 0 Å². The van der Waals surface area contributed by atoms with Gasteiger partial charge in [-0.2, -0.15) is 0 Å². The summed E-state index contributed by atoms with van der Waals surface area (Å²) < 4.78 is 5.88. The molecule has 0 aromatic rings. The van der Waals surface area contributed by atoms with Gasteiger partial charge in [-0.3, -0.25) is 0 Å². The predicted molar refractivity (Wildman–Crippen MR) is 78.8 cm³/mol. The lowest BCUT2D eigenvalue weighted by Gasteiger charge is -2.43. The smallest absolute Gasteiger partial charge is 0.0951 e. The zero-order valence-corrected chi connectivity index (χ0v) is 12.3. The van der Waals surface area contributed by atoms with Crippen molar-refractivity contribution in [3.8, 4) is 0 Å². The predicted octanol–water partition coefficient (Wildman–Crippen LogP) is 3.56. The van der Waals surface area contributed by atoms with Crippen LogP contribution < -0.4 is 0 Å². The molecule has 0 spiro atoms. The lowest BCUT2D eigenvalue weighted by molar-refractivity contribution is -0.0318. The molecule has 0 N–H and O–H groups in total. The van der Waals surface area contributed by atoms with Gasteiger partial charge in [0.2, 0.25) is 0 Å². The highest BCUT2D eigenvalue weighted by Gasteiger charge is 2.37. The summed E-state index contributed by atoms with van der Waals surface area (Å²) >= 11 is 0. The highest BCUT2D eigenvalue weighted by atomic mass is 16.5. The van der Waals surface area contributed by atoms with Crippen LogP contribution in [0.1, 0.15) is 33.6 Å². The first kappa shape index (κ1) is 15.2. The first-order chi connectivity index (χ1) is 8.59. The van der Waals surface area contributed by atoms with Crippen molar-refractivity contribution in [2.24, 2.45) is 0 Å². The van der Waals surface area contributed by atoms with E-state index >= 15 is 0 Å². The summed E-state index contributed by atoms with van der Waals surface area (Å²) in [4.78, 5) is 2.51. The van der Waals surface area contributed by atoms with Gasteiger partial charge in [0, 0.05) is 26.2 Å². The summed E-state index contributed by atoms with van der Waals surface area (Å²) in [5.41, 5.74) is 1.11. The molecule has 102 valence electrons. The van der Waals surface area contributed by atoms with Crippen molar-refractivity contribution in [1.82, 2.24) is 4.90 Å². The fourth-order valence-corrected chi connectivity index (χ4v) is 2.68. The van der Waals surface area contributed by atoms with Gasteiger partial charge in [0.1, 0.15) is 0 Å². The SMILES string of the molecule is C=C/C=C(\C=C/C)C1(OC)CCN(C(C)C)CC1. The van der Waals surface area contributed by atoms with Gasteiger partial charge in [-0.05, 0) is 39.2 Å². The number of piperidine rings is 1. The fraction of sp³-hybridized carbons (Fsp3) is 0.625. The maximum Gasteiger partial charge on any atom is 0.0951 e. The van der Waals surface area contributed by atoms with Crippen molar-refractivity contribution in [3.05, 3.63) is 36.5 Å². The van der Waals surface area contributed by atoms with E-state index in [1.165, 1.54) is 5.57 Å². The van der Waals surface area contributed by atoms with Crippen molar-refractivity contribution >= 4 is 0 Å². The van der Waals surface area contributed by atoms with E-state index in [4.69, 9.17) is 4.74 Å². The summed E-state index contributed by atoms with van der Waals surface area (Å²) in [6, 6.07) is 0.619. The molecule has 0 radical (unpaired) electrons. The molecular weight excluding hydrogens is 222 g/mol. The molecule has 2 heteroatoms. The molecule has 0 saturated carbocycles. The Morgan fingerprint density at radius 2 is 1.94 bits per heavy atom. The molecule has 0 atom stereocenters. The lowest BCUT2D eigenvalue weighted by atomic mass is 9.82. The molecule has 0 unspecified atom stereocenters. The largest absolute Gasteiger partial charge is 0.373 e. The van der Waals surface area contributed by atoms with Crippen molar-refractivity contribution in [3.63, 3.8) is 0 Å². The van der Waals surface area contributed by atoms with E-state index in [2.05, 4.69) is 43.6 Å². The van der Waals surface area contributed by atoms with Crippen LogP contribution in [0.4, 0.5) is 0 Å². The average molecular weight is 249 g/mol. The zero-order valence-electron chi connectivity index (χ0n) is 12.3.